The highest BCUT2D eigenvalue weighted by molar-refractivity contribution is 9.10. The van der Waals surface area contributed by atoms with Crippen molar-refractivity contribution >= 4 is 45.3 Å². The fourth-order valence-corrected chi connectivity index (χ4v) is 3.22. The van der Waals surface area contributed by atoms with Gasteiger partial charge < -0.3 is 14.0 Å². The predicted molar refractivity (Wildman–Crippen MR) is 109 cm³/mol. The summed E-state index contributed by atoms with van der Waals surface area (Å²) in [5.74, 6) is 0.536. The van der Waals surface area contributed by atoms with Crippen LogP contribution in [0.2, 0.25) is 0 Å². The van der Waals surface area contributed by atoms with E-state index in [2.05, 4.69) is 27.5 Å². The van der Waals surface area contributed by atoms with Crippen molar-refractivity contribution in [3.8, 4) is 0 Å². The molecule has 0 unspecified atom stereocenters. The maximum atomic E-state index is 6.25. The molecule has 0 atom stereocenters. The molecular weight excluding hydrogens is 395 g/mol. The second-order valence-corrected chi connectivity index (χ2v) is 9.49. The Morgan fingerprint density at radius 3 is 2.35 bits per heavy atom. The highest BCUT2D eigenvalue weighted by Crippen LogP contribution is 2.37. The molecule has 0 bridgehead atoms. The summed E-state index contributed by atoms with van der Waals surface area (Å²) in [5.41, 5.74) is 0.665. The van der Waals surface area contributed by atoms with E-state index in [-0.39, 0.29) is 5.60 Å². The molecule has 1 aliphatic heterocycles. The third-order valence-electron chi connectivity index (χ3n) is 4.89. The zero-order chi connectivity index (χ0) is 19.5. The van der Waals surface area contributed by atoms with Crippen molar-refractivity contribution in [2.24, 2.45) is 0 Å². The molecule has 5 nitrogen and oxygen atoms in total. The highest BCUT2D eigenvalue weighted by atomic mass is 79.9. The zero-order valence-corrected chi connectivity index (χ0v) is 18.1. The summed E-state index contributed by atoms with van der Waals surface area (Å²) in [6.45, 7) is 18.3. The number of hydrogen-bond donors (Lipinski definition) is 0. The van der Waals surface area contributed by atoms with Gasteiger partial charge in [-0.05, 0) is 77.0 Å². The van der Waals surface area contributed by atoms with Gasteiger partial charge in [0, 0.05) is 17.0 Å². The van der Waals surface area contributed by atoms with Gasteiger partial charge in [-0.2, -0.15) is 0 Å². The molecule has 3 heterocycles. The first-order chi connectivity index (χ1) is 11.8. The van der Waals surface area contributed by atoms with Crippen LogP contribution in [0.25, 0.3) is 16.8 Å². The van der Waals surface area contributed by atoms with Crippen molar-refractivity contribution in [3.63, 3.8) is 0 Å². The minimum absolute atomic E-state index is 0.346. The maximum absolute atomic E-state index is 6.25. The molecular formula is C19H26BBrN2O3. The van der Waals surface area contributed by atoms with E-state index in [1.54, 1.807) is 6.20 Å². The van der Waals surface area contributed by atoms with Crippen LogP contribution in [0.3, 0.4) is 0 Å². The Hall–Kier alpha value is -1.31. The Bertz CT molecular complexity index is 852. The van der Waals surface area contributed by atoms with E-state index in [0.717, 1.165) is 21.0 Å². The summed E-state index contributed by atoms with van der Waals surface area (Å²) >= 11 is 3.46. The first-order valence-corrected chi connectivity index (χ1v) is 9.50. The molecule has 3 rings (SSSR count). The van der Waals surface area contributed by atoms with E-state index >= 15 is 0 Å². The van der Waals surface area contributed by atoms with Crippen LogP contribution in [-0.4, -0.2) is 33.5 Å². The third-order valence-corrected chi connectivity index (χ3v) is 5.32. The second-order valence-electron chi connectivity index (χ2n) is 8.68. The van der Waals surface area contributed by atoms with Gasteiger partial charge in [-0.1, -0.05) is 0 Å². The van der Waals surface area contributed by atoms with Gasteiger partial charge in [-0.15, -0.1) is 0 Å². The molecule has 26 heavy (non-hydrogen) atoms. The fourth-order valence-electron chi connectivity index (χ4n) is 2.89. The summed E-state index contributed by atoms with van der Waals surface area (Å²) in [6, 6.07) is 1.97. The number of ether oxygens (including phenoxy) is 1. The average molecular weight is 421 g/mol. The third kappa shape index (κ3) is 3.44. The molecule has 0 saturated carbocycles. The van der Waals surface area contributed by atoms with Gasteiger partial charge in [0.1, 0.15) is 10.2 Å². The largest absolute Gasteiger partial charge is 0.497 e. The lowest BCUT2D eigenvalue weighted by Crippen LogP contribution is -2.41. The minimum Gasteiger partial charge on any atom is -0.473 e. The SMILES string of the molecule is C=C(OC(C)(C)C)n1cc(B2OC(C)(C)C(C)(C)O2)c2cc(Br)ncc21. The highest BCUT2D eigenvalue weighted by Gasteiger charge is 2.52. The van der Waals surface area contributed by atoms with E-state index < -0.39 is 18.3 Å². The topological polar surface area (TPSA) is 45.5 Å². The molecule has 140 valence electrons. The normalized spacial score (nSPS) is 19.2. The first-order valence-electron chi connectivity index (χ1n) is 8.71. The predicted octanol–water partition coefficient (Wildman–Crippen LogP) is 4.34. The number of hydrogen-bond acceptors (Lipinski definition) is 4. The van der Waals surface area contributed by atoms with Crippen LogP contribution in [-0.2, 0) is 14.0 Å². The quantitative estimate of drug-likeness (QED) is 0.420. The van der Waals surface area contributed by atoms with Crippen LogP contribution in [0.15, 0.2) is 29.6 Å². The molecule has 0 N–H and O–H groups in total. The Morgan fingerprint density at radius 2 is 1.81 bits per heavy atom. The van der Waals surface area contributed by atoms with Crippen molar-refractivity contribution in [2.45, 2.75) is 65.3 Å². The molecule has 1 fully saturated rings. The molecule has 2 aromatic rings. The van der Waals surface area contributed by atoms with E-state index in [1.165, 1.54) is 0 Å². The molecule has 7 heteroatoms. The lowest BCUT2D eigenvalue weighted by atomic mass is 9.79. The summed E-state index contributed by atoms with van der Waals surface area (Å²) in [7, 11) is -0.472. The molecule has 0 amide bonds. The van der Waals surface area contributed by atoms with Crippen LogP contribution in [0.5, 0.6) is 0 Å². The summed E-state index contributed by atoms with van der Waals surface area (Å²) in [4.78, 5) is 4.36. The Morgan fingerprint density at radius 1 is 1.23 bits per heavy atom. The van der Waals surface area contributed by atoms with Crippen LogP contribution in [0.4, 0.5) is 0 Å². The Balaban J connectivity index is 2.10. The number of pyridine rings is 1. The number of halogens is 1. The van der Waals surface area contributed by atoms with E-state index in [9.17, 15) is 0 Å². The lowest BCUT2D eigenvalue weighted by Gasteiger charge is -2.32. The number of rotatable bonds is 3. The number of fused-ring (bicyclic) bond motifs is 1. The fraction of sp³-hybridized carbons (Fsp3) is 0.526. The monoisotopic (exact) mass is 420 g/mol. The van der Waals surface area contributed by atoms with Crippen LogP contribution in [0, 0.1) is 0 Å². The number of aromatic nitrogens is 2. The van der Waals surface area contributed by atoms with E-state index in [0.29, 0.717) is 5.88 Å². The molecule has 1 aliphatic rings. The van der Waals surface area contributed by atoms with Crippen molar-refractivity contribution < 1.29 is 14.0 Å². The van der Waals surface area contributed by atoms with Gasteiger partial charge in [0.15, 0.2) is 5.88 Å². The van der Waals surface area contributed by atoms with Crippen molar-refractivity contribution in [1.29, 1.82) is 0 Å². The Labute approximate surface area is 164 Å². The average Bonchev–Trinajstić information content (AvgIpc) is 2.91. The van der Waals surface area contributed by atoms with Crippen molar-refractivity contribution in [1.82, 2.24) is 9.55 Å². The van der Waals surface area contributed by atoms with Gasteiger partial charge in [0.05, 0.1) is 22.9 Å². The molecule has 2 aromatic heterocycles. The van der Waals surface area contributed by atoms with Crippen molar-refractivity contribution in [2.75, 3.05) is 0 Å². The number of nitrogens with zero attached hydrogens (tertiary/aromatic N) is 2. The summed E-state index contributed by atoms with van der Waals surface area (Å²) < 4.78 is 21.1. The standard InChI is InChI=1S/C19H26BBrN2O3/c1-12(24-17(2,3)4)23-11-14(13-9-16(21)22-10-15(13)23)20-25-18(5,6)19(7,8)26-20/h9-11H,1H2,2-8H3. The van der Waals surface area contributed by atoms with Gasteiger partial charge in [0.25, 0.3) is 0 Å². The van der Waals surface area contributed by atoms with Crippen LogP contribution < -0.4 is 5.46 Å². The van der Waals surface area contributed by atoms with E-state index in [4.69, 9.17) is 14.0 Å². The molecule has 1 saturated heterocycles. The van der Waals surface area contributed by atoms with Gasteiger partial charge in [-0.3, -0.25) is 4.57 Å². The lowest BCUT2D eigenvalue weighted by molar-refractivity contribution is 0.00578. The van der Waals surface area contributed by atoms with E-state index in [1.807, 2.05) is 65.3 Å². The molecule has 0 aromatic carbocycles. The van der Waals surface area contributed by atoms with Gasteiger partial charge in [-0.25, -0.2) is 4.98 Å². The zero-order valence-electron chi connectivity index (χ0n) is 16.5. The second kappa shape index (κ2) is 6.11. The van der Waals surface area contributed by atoms with Crippen molar-refractivity contribution in [3.05, 3.63) is 29.6 Å². The van der Waals surface area contributed by atoms with Gasteiger partial charge >= 0.3 is 7.12 Å². The maximum Gasteiger partial charge on any atom is 0.497 e. The minimum atomic E-state index is -0.472. The molecule has 0 aliphatic carbocycles. The molecule has 0 radical (unpaired) electrons. The first kappa shape index (κ1) is 19.5. The summed E-state index contributed by atoms with van der Waals surface area (Å²) in [6.07, 6.45) is 3.76. The molecule has 0 spiro atoms. The smallest absolute Gasteiger partial charge is 0.473 e. The van der Waals surface area contributed by atoms with Crippen LogP contribution >= 0.6 is 15.9 Å². The summed E-state index contributed by atoms with van der Waals surface area (Å²) in [5, 5.41) is 0.990. The van der Waals surface area contributed by atoms with Crippen LogP contribution in [0.1, 0.15) is 48.5 Å². The Kier molecular flexibility index (Phi) is 4.57. The van der Waals surface area contributed by atoms with Gasteiger partial charge in [0.2, 0.25) is 0 Å².